The molecule has 2 aromatic carbocycles. The van der Waals surface area contributed by atoms with Crippen molar-refractivity contribution >= 4 is 11.8 Å². The van der Waals surface area contributed by atoms with Crippen LogP contribution in [-0.4, -0.2) is 6.26 Å². The van der Waals surface area contributed by atoms with Crippen LogP contribution >= 0.6 is 11.8 Å². The molecule has 0 aromatic heterocycles. The predicted octanol–water partition coefficient (Wildman–Crippen LogP) is 4.36. The second kappa shape index (κ2) is 6.08. The van der Waals surface area contributed by atoms with Crippen molar-refractivity contribution in [3.05, 3.63) is 53.8 Å². The average Bonchev–Trinajstić information content (AvgIpc) is 2.41. The first-order valence-corrected chi connectivity index (χ1v) is 7.20. The molecule has 0 aliphatic carbocycles. The van der Waals surface area contributed by atoms with E-state index in [0.29, 0.717) is 11.3 Å². The van der Waals surface area contributed by atoms with E-state index >= 15 is 0 Å². The Balaban J connectivity index is 2.31. The van der Waals surface area contributed by atoms with Gasteiger partial charge in [-0.1, -0.05) is 12.1 Å². The molecule has 0 saturated heterocycles. The zero-order valence-corrected chi connectivity index (χ0v) is 11.7. The van der Waals surface area contributed by atoms with Crippen molar-refractivity contribution in [2.45, 2.75) is 17.9 Å². The standard InChI is InChI=1S/C15H16FNOS/c1-10(17)13-4-3-5-14(16)15(13)18-11-6-8-12(19-2)9-7-11/h3-10H,17H2,1-2H3/t10-/m1/s1. The van der Waals surface area contributed by atoms with Gasteiger partial charge in [0.05, 0.1) is 0 Å². The van der Waals surface area contributed by atoms with Crippen LogP contribution in [0.4, 0.5) is 4.39 Å². The van der Waals surface area contributed by atoms with Crippen LogP contribution in [0.15, 0.2) is 47.4 Å². The summed E-state index contributed by atoms with van der Waals surface area (Å²) < 4.78 is 19.5. The zero-order valence-electron chi connectivity index (χ0n) is 10.9. The van der Waals surface area contributed by atoms with Gasteiger partial charge >= 0.3 is 0 Å². The lowest BCUT2D eigenvalue weighted by molar-refractivity contribution is 0.432. The summed E-state index contributed by atoms with van der Waals surface area (Å²) in [4.78, 5) is 1.13. The molecular formula is C15H16FNOS. The lowest BCUT2D eigenvalue weighted by Crippen LogP contribution is -2.07. The summed E-state index contributed by atoms with van der Waals surface area (Å²) in [6, 6.07) is 12.0. The first kappa shape index (κ1) is 13.9. The van der Waals surface area contributed by atoms with Gasteiger partial charge in [-0.2, -0.15) is 0 Å². The van der Waals surface area contributed by atoms with E-state index in [1.54, 1.807) is 30.8 Å². The third-order valence-corrected chi connectivity index (χ3v) is 3.51. The summed E-state index contributed by atoms with van der Waals surface area (Å²) in [5.41, 5.74) is 6.49. The molecule has 100 valence electrons. The van der Waals surface area contributed by atoms with Crippen molar-refractivity contribution in [2.24, 2.45) is 5.73 Å². The monoisotopic (exact) mass is 277 g/mol. The van der Waals surface area contributed by atoms with Gasteiger partial charge in [-0.05, 0) is 43.5 Å². The molecule has 4 heteroatoms. The molecular weight excluding hydrogens is 261 g/mol. The molecule has 0 saturated carbocycles. The lowest BCUT2D eigenvalue weighted by Gasteiger charge is -2.14. The number of ether oxygens (including phenoxy) is 1. The van der Waals surface area contributed by atoms with Gasteiger partial charge in [0, 0.05) is 16.5 Å². The number of hydrogen-bond acceptors (Lipinski definition) is 3. The van der Waals surface area contributed by atoms with Crippen LogP contribution in [0.2, 0.25) is 0 Å². The molecule has 2 nitrogen and oxygen atoms in total. The fourth-order valence-electron chi connectivity index (χ4n) is 1.75. The number of nitrogens with two attached hydrogens (primary N) is 1. The molecule has 0 heterocycles. The molecule has 0 aliphatic rings. The molecule has 0 fully saturated rings. The summed E-state index contributed by atoms with van der Waals surface area (Å²) >= 11 is 1.65. The number of para-hydroxylation sites is 1. The minimum absolute atomic E-state index is 0.203. The smallest absolute Gasteiger partial charge is 0.167 e. The molecule has 0 bridgehead atoms. The fourth-order valence-corrected chi connectivity index (χ4v) is 2.16. The predicted molar refractivity (Wildman–Crippen MR) is 77.3 cm³/mol. The van der Waals surface area contributed by atoms with Crippen LogP contribution in [0.3, 0.4) is 0 Å². The van der Waals surface area contributed by atoms with E-state index in [1.807, 2.05) is 30.5 Å². The molecule has 0 spiro atoms. The van der Waals surface area contributed by atoms with Crippen LogP contribution in [0.25, 0.3) is 0 Å². The summed E-state index contributed by atoms with van der Waals surface area (Å²) in [5, 5.41) is 0. The second-order valence-corrected chi connectivity index (χ2v) is 5.10. The first-order chi connectivity index (χ1) is 9.11. The minimum atomic E-state index is -0.399. The highest BCUT2D eigenvalue weighted by molar-refractivity contribution is 7.98. The van der Waals surface area contributed by atoms with Gasteiger partial charge < -0.3 is 10.5 Å². The maximum Gasteiger partial charge on any atom is 0.167 e. The van der Waals surface area contributed by atoms with Gasteiger partial charge in [-0.25, -0.2) is 4.39 Å². The topological polar surface area (TPSA) is 35.2 Å². The fraction of sp³-hybridized carbons (Fsp3) is 0.200. The normalized spacial score (nSPS) is 12.2. The molecule has 0 unspecified atom stereocenters. The Labute approximate surface area is 116 Å². The summed E-state index contributed by atoms with van der Waals surface area (Å²) in [6.07, 6.45) is 2.00. The highest BCUT2D eigenvalue weighted by atomic mass is 32.2. The Morgan fingerprint density at radius 1 is 1.16 bits per heavy atom. The number of benzene rings is 2. The van der Waals surface area contributed by atoms with Crippen LogP contribution in [0, 0.1) is 5.82 Å². The van der Waals surface area contributed by atoms with Gasteiger partial charge in [0.15, 0.2) is 11.6 Å². The van der Waals surface area contributed by atoms with Gasteiger partial charge in [0.2, 0.25) is 0 Å². The summed E-state index contributed by atoms with van der Waals surface area (Å²) in [6.45, 7) is 1.80. The molecule has 0 amide bonds. The van der Waals surface area contributed by atoms with Gasteiger partial charge in [0.25, 0.3) is 0 Å². The third kappa shape index (κ3) is 3.28. The Hall–Kier alpha value is -1.52. The number of hydrogen-bond donors (Lipinski definition) is 1. The Morgan fingerprint density at radius 3 is 2.42 bits per heavy atom. The maximum absolute atomic E-state index is 13.9. The van der Waals surface area contributed by atoms with E-state index in [9.17, 15) is 4.39 Å². The number of rotatable bonds is 4. The highest BCUT2D eigenvalue weighted by Crippen LogP contribution is 2.32. The van der Waals surface area contributed by atoms with Gasteiger partial charge in [-0.15, -0.1) is 11.8 Å². The summed E-state index contributed by atoms with van der Waals surface area (Å²) in [7, 11) is 0. The van der Waals surface area contributed by atoms with Gasteiger partial charge in [0.1, 0.15) is 5.75 Å². The second-order valence-electron chi connectivity index (χ2n) is 4.22. The van der Waals surface area contributed by atoms with Gasteiger partial charge in [-0.3, -0.25) is 0 Å². The summed E-state index contributed by atoms with van der Waals surface area (Å²) in [5.74, 6) is 0.406. The molecule has 1 atom stereocenters. The molecule has 2 aromatic rings. The number of halogens is 1. The minimum Gasteiger partial charge on any atom is -0.454 e. The molecule has 2 N–H and O–H groups in total. The van der Waals surface area contributed by atoms with Crippen molar-refractivity contribution in [2.75, 3.05) is 6.26 Å². The largest absolute Gasteiger partial charge is 0.454 e. The van der Waals surface area contributed by atoms with E-state index < -0.39 is 5.82 Å². The molecule has 19 heavy (non-hydrogen) atoms. The number of thioether (sulfide) groups is 1. The molecule has 2 rings (SSSR count). The van der Waals surface area contributed by atoms with Crippen LogP contribution in [0.5, 0.6) is 11.5 Å². The Kier molecular flexibility index (Phi) is 4.45. The van der Waals surface area contributed by atoms with Crippen LogP contribution in [-0.2, 0) is 0 Å². The average molecular weight is 277 g/mol. The van der Waals surface area contributed by atoms with Crippen molar-refractivity contribution < 1.29 is 9.13 Å². The molecule has 0 aliphatic heterocycles. The van der Waals surface area contributed by atoms with E-state index in [-0.39, 0.29) is 11.8 Å². The quantitative estimate of drug-likeness (QED) is 0.843. The Morgan fingerprint density at radius 2 is 1.84 bits per heavy atom. The van der Waals surface area contributed by atoms with E-state index in [2.05, 4.69) is 0 Å². The van der Waals surface area contributed by atoms with Crippen molar-refractivity contribution in [3.8, 4) is 11.5 Å². The SMILES string of the molecule is CSc1ccc(Oc2c(F)cccc2[C@@H](C)N)cc1. The van der Waals surface area contributed by atoms with E-state index in [0.717, 1.165) is 4.90 Å². The van der Waals surface area contributed by atoms with Crippen molar-refractivity contribution in [1.82, 2.24) is 0 Å². The van der Waals surface area contributed by atoms with Crippen molar-refractivity contribution in [1.29, 1.82) is 0 Å². The first-order valence-electron chi connectivity index (χ1n) is 5.97. The zero-order chi connectivity index (χ0) is 13.8. The highest BCUT2D eigenvalue weighted by Gasteiger charge is 2.13. The molecule has 0 radical (unpaired) electrons. The van der Waals surface area contributed by atoms with E-state index in [4.69, 9.17) is 10.5 Å². The van der Waals surface area contributed by atoms with Crippen molar-refractivity contribution in [3.63, 3.8) is 0 Å². The Bertz CT molecular complexity index is 555. The third-order valence-electron chi connectivity index (χ3n) is 2.77. The van der Waals surface area contributed by atoms with Crippen LogP contribution in [0.1, 0.15) is 18.5 Å². The van der Waals surface area contributed by atoms with E-state index in [1.165, 1.54) is 6.07 Å². The maximum atomic E-state index is 13.9. The van der Waals surface area contributed by atoms with Crippen LogP contribution < -0.4 is 10.5 Å². The lowest BCUT2D eigenvalue weighted by atomic mass is 10.1.